The molecule has 0 spiro atoms. The number of thiazole rings is 1. The van der Waals surface area contributed by atoms with Crippen LogP contribution in [0.3, 0.4) is 0 Å². The van der Waals surface area contributed by atoms with Crippen molar-refractivity contribution in [2.24, 2.45) is 0 Å². The van der Waals surface area contributed by atoms with Gasteiger partial charge in [-0.25, -0.2) is 9.37 Å². The monoisotopic (exact) mass is 689 g/mol. The smallest absolute Gasteiger partial charge is 0.130 e. The third-order valence-electron chi connectivity index (χ3n) is 8.78. The maximum absolute atomic E-state index is 13.5. The molecule has 50 heavy (non-hydrogen) atoms. The first kappa shape index (κ1) is 35.4. The molecule has 0 saturated carbocycles. The zero-order valence-electron chi connectivity index (χ0n) is 28.9. The third-order valence-corrected chi connectivity index (χ3v) is 9.83. The van der Waals surface area contributed by atoms with Gasteiger partial charge in [-0.1, -0.05) is 111 Å². The Hall–Kier alpha value is -4.40. The standard InChI is InChI=1S/C41H38FNO4S.C2H6/c1-44-41-31(21-40-43-24-39(48-40)30-16-18-32(42)19-17-30)20-37(35-14-8-9-15-36(35)41)38-23-33(46-26-29-12-6-3-7-13-29)22-34(47-38)27-45-25-28-10-4-2-5-11-28;1-2/h2-20,24,33-34,38H,21-23,25-27H2,1H3;1-2H3. The van der Waals surface area contributed by atoms with E-state index in [4.69, 9.17) is 23.9 Å². The molecule has 258 valence electrons. The highest BCUT2D eigenvalue weighted by Gasteiger charge is 2.33. The molecule has 0 amide bonds. The Labute approximate surface area is 298 Å². The maximum Gasteiger partial charge on any atom is 0.130 e. The first-order chi connectivity index (χ1) is 24.6. The van der Waals surface area contributed by atoms with Gasteiger partial charge in [0.05, 0.1) is 55.1 Å². The summed E-state index contributed by atoms with van der Waals surface area (Å²) in [5, 5.41) is 3.09. The summed E-state index contributed by atoms with van der Waals surface area (Å²) in [5.41, 5.74) is 5.39. The largest absolute Gasteiger partial charge is 0.496 e. The zero-order chi connectivity index (χ0) is 34.7. The molecule has 0 N–H and O–H groups in total. The molecule has 0 radical (unpaired) electrons. The predicted molar refractivity (Wildman–Crippen MR) is 200 cm³/mol. The van der Waals surface area contributed by atoms with Gasteiger partial charge >= 0.3 is 0 Å². The van der Waals surface area contributed by atoms with E-state index >= 15 is 0 Å². The number of benzene rings is 5. The Balaban J connectivity index is 0.00000212. The molecule has 3 atom stereocenters. The fourth-order valence-electron chi connectivity index (χ4n) is 6.46. The van der Waals surface area contributed by atoms with Crippen LogP contribution in [0.1, 0.15) is 60.1 Å². The van der Waals surface area contributed by atoms with Gasteiger partial charge < -0.3 is 18.9 Å². The van der Waals surface area contributed by atoms with Crippen molar-refractivity contribution >= 4 is 22.1 Å². The van der Waals surface area contributed by atoms with Crippen molar-refractivity contribution in [3.63, 3.8) is 0 Å². The number of hydrogen-bond acceptors (Lipinski definition) is 6. The molecule has 7 rings (SSSR count). The van der Waals surface area contributed by atoms with E-state index in [9.17, 15) is 4.39 Å². The molecule has 7 heteroatoms. The van der Waals surface area contributed by atoms with Gasteiger partial charge in [0.2, 0.25) is 0 Å². The van der Waals surface area contributed by atoms with Crippen molar-refractivity contribution in [1.29, 1.82) is 0 Å². The average molecular weight is 690 g/mol. The maximum atomic E-state index is 13.5. The summed E-state index contributed by atoms with van der Waals surface area (Å²) in [4.78, 5) is 5.74. The van der Waals surface area contributed by atoms with Crippen LogP contribution in [-0.4, -0.2) is 30.9 Å². The molecule has 6 aromatic rings. The van der Waals surface area contributed by atoms with E-state index in [1.165, 1.54) is 12.1 Å². The summed E-state index contributed by atoms with van der Waals surface area (Å²) in [6.45, 7) is 5.55. The fraction of sp³-hybridized carbons (Fsp3) is 0.279. The molecule has 5 aromatic carbocycles. The molecule has 2 heterocycles. The minimum atomic E-state index is -0.250. The second kappa shape index (κ2) is 17.5. The zero-order valence-corrected chi connectivity index (χ0v) is 29.7. The molecule has 5 nitrogen and oxygen atoms in total. The van der Waals surface area contributed by atoms with E-state index in [0.717, 1.165) is 67.1 Å². The van der Waals surface area contributed by atoms with Crippen molar-refractivity contribution < 1.29 is 23.3 Å². The molecule has 1 aliphatic heterocycles. The number of methoxy groups -OCH3 is 1. The molecule has 1 fully saturated rings. The van der Waals surface area contributed by atoms with Gasteiger partial charge in [0.15, 0.2) is 0 Å². The number of hydrogen-bond donors (Lipinski definition) is 0. The van der Waals surface area contributed by atoms with Gasteiger partial charge in [0.25, 0.3) is 0 Å². The number of ether oxygens (including phenoxy) is 4. The second-order valence-electron chi connectivity index (χ2n) is 12.1. The van der Waals surface area contributed by atoms with Crippen molar-refractivity contribution in [3.05, 3.63) is 155 Å². The molecule has 1 aliphatic rings. The first-order valence-electron chi connectivity index (χ1n) is 17.3. The summed E-state index contributed by atoms with van der Waals surface area (Å²) < 4.78 is 39.2. The highest BCUT2D eigenvalue weighted by atomic mass is 32.1. The van der Waals surface area contributed by atoms with Gasteiger partial charge in [0.1, 0.15) is 11.6 Å². The summed E-state index contributed by atoms with van der Waals surface area (Å²) >= 11 is 1.61. The average Bonchev–Trinajstić information content (AvgIpc) is 3.64. The lowest BCUT2D eigenvalue weighted by Crippen LogP contribution is -2.35. The molecule has 1 aromatic heterocycles. The lowest BCUT2D eigenvalue weighted by molar-refractivity contribution is -0.141. The Kier molecular flexibility index (Phi) is 12.4. The van der Waals surface area contributed by atoms with Crippen LogP contribution in [-0.2, 0) is 33.8 Å². The minimum absolute atomic E-state index is 0.00387. The van der Waals surface area contributed by atoms with Crippen molar-refractivity contribution in [2.45, 2.75) is 64.6 Å². The number of halogens is 1. The van der Waals surface area contributed by atoms with Gasteiger partial charge in [-0.05, 0) is 45.8 Å². The molecule has 3 unspecified atom stereocenters. The molecule has 1 saturated heterocycles. The van der Waals surface area contributed by atoms with Crippen LogP contribution in [0.4, 0.5) is 4.39 Å². The SMILES string of the molecule is CC.COc1c(Cc2ncc(-c3ccc(F)cc3)s2)cc(C2CC(OCc3ccccc3)CC(COCc3ccccc3)O2)c2ccccc12. The lowest BCUT2D eigenvalue weighted by atomic mass is 9.90. The normalized spacial score (nSPS) is 17.2. The Morgan fingerprint density at radius 2 is 1.46 bits per heavy atom. The highest BCUT2D eigenvalue weighted by Crippen LogP contribution is 2.42. The second-order valence-corrected chi connectivity index (χ2v) is 13.3. The lowest BCUT2D eigenvalue weighted by Gasteiger charge is -2.36. The van der Waals surface area contributed by atoms with E-state index in [1.54, 1.807) is 30.6 Å². The van der Waals surface area contributed by atoms with Crippen LogP contribution in [0.25, 0.3) is 21.2 Å². The van der Waals surface area contributed by atoms with E-state index < -0.39 is 0 Å². The quantitative estimate of drug-likeness (QED) is 0.128. The third kappa shape index (κ3) is 8.84. The van der Waals surface area contributed by atoms with Crippen LogP contribution in [0.5, 0.6) is 5.75 Å². The summed E-state index contributed by atoms with van der Waals surface area (Å²) in [6, 6.07) is 37.7. The van der Waals surface area contributed by atoms with Crippen LogP contribution < -0.4 is 4.74 Å². The van der Waals surface area contributed by atoms with Crippen LogP contribution in [0.15, 0.2) is 121 Å². The molecular weight excluding hydrogens is 646 g/mol. The van der Waals surface area contributed by atoms with Gasteiger partial charge in [-0.3, -0.25) is 0 Å². The Morgan fingerprint density at radius 1 is 0.800 bits per heavy atom. The van der Waals surface area contributed by atoms with Crippen LogP contribution >= 0.6 is 11.3 Å². The number of fused-ring (bicyclic) bond motifs is 1. The molecule has 0 aliphatic carbocycles. The predicted octanol–water partition coefficient (Wildman–Crippen LogP) is 10.8. The highest BCUT2D eigenvalue weighted by molar-refractivity contribution is 7.15. The Morgan fingerprint density at radius 3 is 2.16 bits per heavy atom. The van der Waals surface area contributed by atoms with E-state index in [1.807, 2.05) is 62.5 Å². The topological polar surface area (TPSA) is 49.8 Å². The van der Waals surface area contributed by atoms with E-state index in [-0.39, 0.29) is 24.1 Å². The van der Waals surface area contributed by atoms with Crippen LogP contribution in [0.2, 0.25) is 0 Å². The number of aromatic nitrogens is 1. The van der Waals surface area contributed by atoms with Crippen LogP contribution in [0, 0.1) is 5.82 Å². The summed E-state index contributed by atoms with van der Waals surface area (Å²) in [7, 11) is 1.72. The van der Waals surface area contributed by atoms with Gasteiger partial charge in [0, 0.05) is 36.4 Å². The first-order valence-corrected chi connectivity index (χ1v) is 18.2. The summed E-state index contributed by atoms with van der Waals surface area (Å²) in [5.74, 6) is 0.586. The van der Waals surface area contributed by atoms with E-state index in [2.05, 4.69) is 48.5 Å². The number of rotatable bonds is 12. The molecule has 0 bridgehead atoms. The van der Waals surface area contributed by atoms with Crippen molar-refractivity contribution in [1.82, 2.24) is 4.98 Å². The minimum Gasteiger partial charge on any atom is -0.496 e. The van der Waals surface area contributed by atoms with Gasteiger partial charge in [-0.2, -0.15) is 0 Å². The Bertz CT molecular complexity index is 1930. The number of nitrogens with zero attached hydrogens (tertiary/aromatic N) is 1. The molecular formula is C43H44FNO4S. The fourth-order valence-corrected chi connectivity index (χ4v) is 7.41. The van der Waals surface area contributed by atoms with Crippen molar-refractivity contribution in [3.8, 4) is 16.2 Å². The summed E-state index contributed by atoms with van der Waals surface area (Å²) in [6.07, 6.45) is 3.60. The van der Waals surface area contributed by atoms with E-state index in [0.29, 0.717) is 26.2 Å². The van der Waals surface area contributed by atoms with Gasteiger partial charge in [-0.15, -0.1) is 11.3 Å². The van der Waals surface area contributed by atoms with Crippen molar-refractivity contribution in [2.75, 3.05) is 13.7 Å².